The Hall–Kier alpha value is -2.30. The lowest BCUT2D eigenvalue weighted by molar-refractivity contribution is 0.0849. The number of ketones is 1. The Morgan fingerprint density at radius 1 is 1.50 bits per heavy atom. The van der Waals surface area contributed by atoms with Crippen LogP contribution in [0.5, 0.6) is 11.5 Å². The molecule has 3 rings (SSSR count). The first-order valence-corrected chi connectivity index (χ1v) is 6.61. The number of methoxy groups -OCH3 is 1. The number of benzene rings is 1. The van der Waals surface area contributed by atoms with Crippen LogP contribution in [0.4, 0.5) is 0 Å². The summed E-state index contributed by atoms with van der Waals surface area (Å²) in [4.78, 5) is 12.3. The van der Waals surface area contributed by atoms with Gasteiger partial charge in [0.15, 0.2) is 5.78 Å². The molecule has 0 radical (unpaired) electrons. The minimum atomic E-state index is -0.260. The smallest absolute Gasteiger partial charge is 0.170 e. The van der Waals surface area contributed by atoms with Crippen LogP contribution in [0.15, 0.2) is 30.6 Å². The molecule has 1 aliphatic rings. The summed E-state index contributed by atoms with van der Waals surface area (Å²) in [5, 5.41) is 4.22. The number of hydrogen-bond acceptors (Lipinski definition) is 4. The Kier molecular flexibility index (Phi) is 3.18. The summed E-state index contributed by atoms with van der Waals surface area (Å²) in [5.41, 5.74) is 1.52. The second-order valence-electron chi connectivity index (χ2n) is 4.73. The molecule has 2 aromatic rings. The number of hydrogen-bond donors (Lipinski definition) is 0. The average molecular weight is 272 g/mol. The minimum Gasteiger partial charge on any atom is -0.497 e. The van der Waals surface area contributed by atoms with E-state index in [1.807, 2.05) is 17.8 Å². The lowest BCUT2D eigenvalue weighted by Crippen LogP contribution is -2.20. The van der Waals surface area contributed by atoms with Crippen LogP contribution in [0.2, 0.25) is 0 Å². The quantitative estimate of drug-likeness (QED) is 0.862. The molecule has 20 heavy (non-hydrogen) atoms. The predicted molar refractivity (Wildman–Crippen MR) is 73.2 cm³/mol. The highest BCUT2D eigenvalue weighted by Crippen LogP contribution is 2.36. The van der Waals surface area contributed by atoms with Gasteiger partial charge in [-0.15, -0.1) is 0 Å². The van der Waals surface area contributed by atoms with Crippen molar-refractivity contribution >= 4 is 5.78 Å². The van der Waals surface area contributed by atoms with E-state index in [0.717, 1.165) is 12.1 Å². The summed E-state index contributed by atoms with van der Waals surface area (Å²) in [6.45, 7) is 2.82. The van der Waals surface area contributed by atoms with Crippen molar-refractivity contribution in [2.75, 3.05) is 7.11 Å². The number of nitrogens with zero attached hydrogens (tertiary/aromatic N) is 2. The van der Waals surface area contributed by atoms with Gasteiger partial charge in [0.05, 0.1) is 25.3 Å². The van der Waals surface area contributed by atoms with Crippen LogP contribution >= 0.6 is 0 Å². The first-order valence-electron chi connectivity index (χ1n) is 6.61. The van der Waals surface area contributed by atoms with Crippen molar-refractivity contribution in [3.8, 4) is 11.5 Å². The van der Waals surface area contributed by atoms with Crippen LogP contribution in [0, 0.1) is 0 Å². The van der Waals surface area contributed by atoms with E-state index in [-0.39, 0.29) is 11.9 Å². The van der Waals surface area contributed by atoms with E-state index in [2.05, 4.69) is 5.10 Å². The predicted octanol–water partition coefficient (Wildman–Crippen LogP) is 2.62. The molecule has 0 spiro atoms. The third-order valence-electron chi connectivity index (χ3n) is 3.48. The van der Waals surface area contributed by atoms with Crippen LogP contribution in [0.3, 0.4) is 0 Å². The lowest BCUT2D eigenvalue weighted by atomic mass is 9.98. The number of rotatable bonds is 3. The number of Topliss-reactive ketones (excluding diaryl/α,β-unsaturated/α-hetero) is 1. The van der Waals surface area contributed by atoms with Gasteiger partial charge in [0.25, 0.3) is 0 Å². The van der Waals surface area contributed by atoms with Crippen molar-refractivity contribution in [3.63, 3.8) is 0 Å². The van der Waals surface area contributed by atoms with Gasteiger partial charge in [-0.1, -0.05) is 0 Å². The van der Waals surface area contributed by atoms with E-state index < -0.39 is 0 Å². The van der Waals surface area contributed by atoms with Crippen molar-refractivity contribution in [1.82, 2.24) is 9.78 Å². The zero-order valence-corrected chi connectivity index (χ0v) is 11.5. The monoisotopic (exact) mass is 272 g/mol. The Morgan fingerprint density at radius 3 is 3.05 bits per heavy atom. The molecular formula is C15H16N2O3. The summed E-state index contributed by atoms with van der Waals surface area (Å²) in [7, 11) is 1.58. The van der Waals surface area contributed by atoms with Gasteiger partial charge in [0, 0.05) is 18.3 Å². The van der Waals surface area contributed by atoms with Crippen molar-refractivity contribution in [3.05, 3.63) is 41.7 Å². The van der Waals surface area contributed by atoms with E-state index in [0.29, 0.717) is 23.5 Å². The van der Waals surface area contributed by atoms with Crippen molar-refractivity contribution in [2.24, 2.45) is 0 Å². The number of aryl methyl sites for hydroxylation is 1. The SMILES string of the molecule is CCn1cc(C2CC(=O)c3cc(OC)ccc3O2)cn1. The lowest BCUT2D eigenvalue weighted by Gasteiger charge is -2.24. The van der Waals surface area contributed by atoms with E-state index in [4.69, 9.17) is 9.47 Å². The number of fused-ring (bicyclic) bond motifs is 1. The number of aromatic nitrogens is 2. The molecule has 0 N–H and O–H groups in total. The van der Waals surface area contributed by atoms with Crippen molar-refractivity contribution in [2.45, 2.75) is 26.0 Å². The van der Waals surface area contributed by atoms with E-state index in [1.54, 1.807) is 31.5 Å². The van der Waals surface area contributed by atoms with Crippen LogP contribution in [0.25, 0.3) is 0 Å². The average Bonchev–Trinajstić information content (AvgIpc) is 2.96. The molecule has 0 saturated heterocycles. The maximum absolute atomic E-state index is 12.3. The minimum absolute atomic E-state index is 0.0689. The Labute approximate surface area is 117 Å². The van der Waals surface area contributed by atoms with Gasteiger partial charge in [-0.2, -0.15) is 5.10 Å². The molecular weight excluding hydrogens is 256 g/mol. The van der Waals surface area contributed by atoms with Gasteiger partial charge < -0.3 is 9.47 Å². The first-order chi connectivity index (χ1) is 9.71. The molecule has 5 heteroatoms. The summed E-state index contributed by atoms with van der Waals surface area (Å²) < 4.78 is 12.9. The van der Waals surface area contributed by atoms with Gasteiger partial charge in [-0.25, -0.2) is 0 Å². The highest BCUT2D eigenvalue weighted by atomic mass is 16.5. The fourth-order valence-electron chi connectivity index (χ4n) is 2.33. The molecule has 1 aromatic heterocycles. The summed E-state index contributed by atoms with van der Waals surface area (Å²) in [6, 6.07) is 5.30. The maximum Gasteiger partial charge on any atom is 0.170 e. The van der Waals surface area contributed by atoms with Crippen molar-refractivity contribution < 1.29 is 14.3 Å². The largest absolute Gasteiger partial charge is 0.497 e. The van der Waals surface area contributed by atoms with Crippen molar-refractivity contribution in [1.29, 1.82) is 0 Å². The first kappa shape index (κ1) is 12.7. The second-order valence-corrected chi connectivity index (χ2v) is 4.73. The summed E-state index contributed by atoms with van der Waals surface area (Å²) in [6.07, 6.45) is 3.75. The van der Waals surface area contributed by atoms with Crippen LogP contribution < -0.4 is 9.47 Å². The number of carbonyl (C=O) groups is 1. The molecule has 0 amide bonds. The van der Waals surface area contributed by atoms with Gasteiger partial charge in [-0.05, 0) is 25.1 Å². The fourth-order valence-corrected chi connectivity index (χ4v) is 2.33. The molecule has 1 unspecified atom stereocenters. The van der Waals surface area contributed by atoms with Crippen LogP contribution in [-0.2, 0) is 6.54 Å². The summed E-state index contributed by atoms with van der Waals surface area (Å²) in [5.74, 6) is 1.34. The third kappa shape index (κ3) is 2.15. The van der Waals surface area contributed by atoms with Crippen LogP contribution in [-0.4, -0.2) is 22.7 Å². The molecule has 2 heterocycles. The molecule has 0 aliphatic carbocycles. The van der Waals surface area contributed by atoms with Crippen LogP contribution in [0.1, 0.15) is 35.4 Å². The molecule has 1 aromatic carbocycles. The summed E-state index contributed by atoms with van der Waals surface area (Å²) >= 11 is 0. The van der Waals surface area contributed by atoms with Gasteiger partial charge in [-0.3, -0.25) is 9.48 Å². The topological polar surface area (TPSA) is 53.4 Å². The molecule has 0 fully saturated rings. The molecule has 0 saturated carbocycles. The zero-order valence-electron chi connectivity index (χ0n) is 11.5. The molecule has 0 bridgehead atoms. The molecule has 1 atom stereocenters. The standard InChI is InChI=1S/C15H16N2O3/c1-3-17-9-10(8-16-17)15-7-13(18)12-6-11(19-2)4-5-14(12)20-15/h4-6,8-9,15H,3,7H2,1-2H3. The zero-order chi connectivity index (χ0) is 14.1. The normalized spacial score (nSPS) is 17.5. The second kappa shape index (κ2) is 5.00. The Balaban J connectivity index is 1.90. The fraction of sp³-hybridized carbons (Fsp3) is 0.333. The molecule has 104 valence electrons. The highest BCUT2D eigenvalue weighted by molar-refractivity contribution is 6.00. The molecule has 5 nitrogen and oxygen atoms in total. The van der Waals surface area contributed by atoms with Gasteiger partial charge in [0.1, 0.15) is 17.6 Å². The molecule has 1 aliphatic heterocycles. The van der Waals surface area contributed by atoms with Gasteiger partial charge >= 0.3 is 0 Å². The van der Waals surface area contributed by atoms with Gasteiger partial charge in [0.2, 0.25) is 0 Å². The Morgan fingerprint density at radius 2 is 2.35 bits per heavy atom. The van der Waals surface area contributed by atoms with E-state index >= 15 is 0 Å². The highest BCUT2D eigenvalue weighted by Gasteiger charge is 2.28. The van der Waals surface area contributed by atoms with E-state index in [1.165, 1.54) is 0 Å². The van der Waals surface area contributed by atoms with E-state index in [9.17, 15) is 4.79 Å². The Bertz CT molecular complexity index is 648. The maximum atomic E-state index is 12.3. The third-order valence-corrected chi connectivity index (χ3v) is 3.48. The number of carbonyl (C=O) groups excluding carboxylic acids is 1. The number of ether oxygens (including phenoxy) is 2.